The smallest absolute Gasteiger partial charge is 0.239 e. The van der Waals surface area contributed by atoms with Crippen LogP contribution in [0.25, 0.3) is 0 Å². The molecule has 7 heteroatoms. The Labute approximate surface area is 118 Å². The number of nitrogens with zero attached hydrogens (tertiary/aromatic N) is 5. The van der Waals surface area contributed by atoms with Crippen molar-refractivity contribution in [2.45, 2.75) is 13.5 Å². The van der Waals surface area contributed by atoms with Gasteiger partial charge in [0.2, 0.25) is 5.91 Å². The van der Waals surface area contributed by atoms with Gasteiger partial charge in [0.15, 0.2) is 5.82 Å². The predicted octanol–water partition coefficient (Wildman–Crippen LogP) is 0.496. The fraction of sp³-hybridized carbons (Fsp3) is 0.462. The second kappa shape index (κ2) is 6.33. The summed E-state index contributed by atoms with van der Waals surface area (Å²) in [7, 11) is 3.74. The summed E-state index contributed by atoms with van der Waals surface area (Å²) >= 11 is 0. The Morgan fingerprint density at radius 3 is 2.85 bits per heavy atom. The Bertz CT molecular complexity index is 573. The van der Waals surface area contributed by atoms with Crippen molar-refractivity contribution in [1.82, 2.24) is 24.2 Å². The van der Waals surface area contributed by atoms with E-state index < -0.39 is 0 Å². The summed E-state index contributed by atoms with van der Waals surface area (Å²) in [5, 5.41) is 6.88. The molecule has 0 aliphatic carbocycles. The van der Waals surface area contributed by atoms with Crippen LogP contribution in [0.1, 0.15) is 5.82 Å². The first-order valence-corrected chi connectivity index (χ1v) is 6.50. The van der Waals surface area contributed by atoms with Crippen LogP contribution in [-0.2, 0) is 18.4 Å². The van der Waals surface area contributed by atoms with Crippen molar-refractivity contribution in [3.8, 4) is 0 Å². The van der Waals surface area contributed by atoms with Crippen molar-refractivity contribution in [2.75, 3.05) is 25.5 Å². The van der Waals surface area contributed by atoms with Crippen LogP contribution in [0.3, 0.4) is 0 Å². The number of carbonyl (C=O) groups excluding carboxylic acids is 1. The van der Waals surface area contributed by atoms with E-state index in [9.17, 15) is 4.79 Å². The first kappa shape index (κ1) is 14.3. The molecule has 0 saturated carbocycles. The van der Waals surface area contributed by atoms with E-state index >= 15 is 0 Å². The van der Waals surface area contributed by atoms with Crippen molar-refractivity contribution in [1.29, 1.82) is 0 Å². The Balaban J connectivity index is 1.75. The molecule has 0 fully saturated rings. The van der Waals surface area contributed by atoms with Gasteiger partial charge >= 0.3 is 0 Å². The number of hydrogen-bond donors (Lipinski definition) is 1. The minimum Gasteiger partial charge on any atom is -0.334 e. The standard InChI is InChI=1S/C13H20N6O/c1-11-14-5-7-19(11)9-8-17(2)10-13(20)15-12-4-6-18(3)16-12/h4-7H,8-10H2,1-3H3,(H,15,16,20). The summed E-state index contributed by atoms with van der Waals surface area (Å²) in [6, 6.07) is 1.77. The molecule has 2 aromatic rings. The third-order valence-corrected chi connectivity index (χ3v) is 3.04. The highest BCUT2D eigenvalue weighted by Crippen LogP contribution is 2.01. The number of nitrogens with one attached hydrogen (secondary N) is 1. The Morgan fingerprint density at radius 1 is 1.45 bits per heavy atom. The largest absolute Gasteiger partial charge is 0.334 e. The number of carbonyl (C=O) groups is 1. The fourth-order valence-electron chi connectivity index (χ4n) is 1.91. The molecule has 1 amide bonds. The molecule has 0 aromatic carbocycles. The van der Waals surface area contributed by atoms with E-state index in [2.05, 4.69) is 20.0 Å². The third-order valence-electron chi connectivity index (χ3n) is 3.04. The topological polar surface area (TPSA) is 68.0 Å². The van der Waals surface area contributed by atoms with E-state index in [0.717, 1.165) is 18.9 Å². The minimum absolute atomic E-state index is 0.0615. The molecule has 2 heterocycles. The number of aryl methyl sites for hydroxylation is 2. The lowest BCUT2D eigenvalue weighted by Gasteiger charge is -2.16. The monoisotopic (exact) mass is 276 g/mol. The zero-order valence-electron chi connectivity index (χ0n) is 12.1. The van der Waals surface area contributed by atoms with Crippen molar-refractivity contribution < 1.29 is 4.79 Å². The second-order valence-electron chi connectivity index (χ2n) is 4.83. The van der Waals surface area contributed by atoms with Gasteiger partial charge in [-0.2, -0.15) is 5.10 Å². The van der Waals surface area contributed by atoms with E-state index in [1.165, 1.54) is 0 Å². The van der Waals surface area contributed by atoms with Gasteiger partial charge in [0.05, 0.1) is 6.54 Å². The first-order valence-electron chi connectivity index (χ1n) is 6.50. The molecule has 0 bridgehead atoms. The number of amides is 1. The van der Waals surface area contributed by atoms with E-state index in [-0.39, 0.29) is 5.91 Å². The Kier molecular flexibility index (Phi) is 4.52. The fourth-order valence-corrected chi connectivity index (χ4v) is 1.91. The van der Waals surface area contributed by atoms with Crippen molar-refractivity contribution in [3.05, 3.63) is 30.5 Å². The summed E-state index contributed by atoms with van der Waals surface area (Å²) in [5.41, 5.74) is 0. The SMILES string of the molecule is Cc1nccn1CCN(C)CC(=O)Nc1ccn(C)n1. The van der Waals surface area contributed by atoms with Crippen LogP contribution in [0.4, 0.5) is 5.82 Å². The molecule has 2 rings (SSSR count). The van der Waals surface area contributed by atoms with Gasteiger partial charge in [-0.3, -0.25) is 14.4 Å². The molecule has 2 aromatic heterocycles. The maximum Gasteiger partial charge on any atom is 0.239 e. The summed E-state index contributed by atoms with van der Waals surface area (Å²) in [6.07, 6.45) is 5.52. The number of aromatic nitrogens is 4. The molecule has 0 aliphatic heterocycles. The molecule has 0 unspecified atom stereocenters. The van der Waals surface area contributed by atoms with E-state index in [0.29, 0.717) is 12.4 Å². The molecule has 0 aliphatic rings. The quantitative estimate of drug-likeness (QED) is 0.834. The highest BCUT2D eigenvalue weighted by Gasteiger charge is 2.08. The summed E-state index contributed by atoms with van der Waals surface area (Å²) in [6.45, 7) is 3.91. The second-order valence-corrected chi connectivity index (χ2v) is 4.83. The normalized spacial score (nSPS) is 11.0. The van der Waals surface area contributed by atoms with Crippen LogP contribution < -0.4 is 5.32 Å². The van der Waals surface area contributed by atoms with E-state index in [1.54, 1.807) is 23.1 Å². The third kappa shape index (κ3) is 3.92. The minimum atomic E-state index is -0.0615. The van der Waals surface area contributed by atoms with Gasteiger partial charge in [-0.05, 0) is 14.0 Å². The van der Waals surface area contributed by atoms with Gasteiger partial charge in [0.25, 0.3) is 0 Å². The maximum absolute atomic E-state index is 11.8. The summed E-state index contributed by atoms with van der Waals surface area (Å²) < 4.78 is 3.72. The van der Waals surface area contributed by atoms with Crippen LogP contribution in [0.5, 0.6) is 0 Å². The highest BCUT2D eigenvalue weighted by molar-refractivity contribution is 5.91. The Hall–Kier alpha value is -2.15. The zero-order valence-corrected chi connectivity index (χ0v) is 12.1. The van der Waals surface area contributed by atoms with Gasteiger partial charge in [-0.15, -0.1) is 0 Å². The number of anilines is 1. The average molecular weight is 276 g/mol. The van der Waals surface area contributed by atoms with Gasteiger partial charge in [-0.25, -0.2) is 4.98 Å². The lowest BCUT2D eigenvalue weighted by molar-refractivity contribution is -0.117. The van der Waals surface area contributed by atoms with Crippen LogP contribution >= 0.6 is 0 Å². The van der Waals surface area contributed by atoms with Crippen molar-refractivity contribution in [2.24, 2.45) is 7.05 Å². The molecular formula is C13H20N6O. The van der Waals surface area contributed by atoms with Gasteiger partial charge in [0.1, 0.15) is 5.82 Å². The number of rotatable bonds is 6. The van der Waals surface area contributed by atoms with Gasteiger partial charge in [-0.1, -0.05) is 0 Å². The van der Waals surface area contributed by atoms with Crippen LogP contribution in [0.15, 0.2) is 24.7 Å². The predicted molar refractivity (Wildman–Crippen MR) is 76.3 cm³/mol. The van der Waals surface area contributed by atoms with Gasteiger partial charge in [0, 0.05) is 44.8 Å². The first-order chi connectivity index (χ1) is 9.54. The molecular weight excluding hydrogens is 256 g/mol. The van der Waals surface area contributed by atoms with Crippen molar-refractivity contribution in [3.63, 3.8) is 0 Å². The molecule has 1 N–H and O–H groups in total. The number of hydrogen-bond acceptors (Lipinski definition) is 4. The summed E-state index contributed by atoms with van der Waals surface area (Å²) in [5.74, 6) is 1.50. The van der Waals surface area contributed by atoms with Crippen LogP contribution in [0, 0.1) is 6.92 Å². The molecule has 20 heavy (non-hydrogen) atoms. The zero-order chi connectivity index (χ0) is 14.5. The number of imidazole rings is 1. The molecule has 0 atom stereocenters. The molecule has 0 spiro atoms. The Morgan fingerprint density at radius 2 is 2.25 bits per heavy atom. The molecule has 7 nitrogen and oxygen atoms in total. The van der Waals surface area contributed by atoms with Gasteiger partial charge < -0.3 is 9.88 Å². The lowest BCUT2D eigenvalue weighted by atomic mass is 10.4. The molecule has 0 radical (unpaired) electrons. The lowest BCUT2D eigenvalue weighted by Crippen LogP contribution is -2.32. The molecule has 108 valence electrons. The van der Waals surface area contributed by atoms with Crippen LogP contribution in [-0.4, -0.2) is 50.3 Å². The van der Waals surface area contributed by atoms with Crippen molar-refractivity contribution >= 4 is 11.7 Å². The molecule has 0 saturated heterocycles. The maximum atomic E-state index is 11.8. The highest BCUT2D eigenvalue weighted by atomic mass is 16.2. The summed E-state index contributed by atoms with van der Waals surface area (Å²) in [4.78, 5) is 18.0. The van der Waals surface area contributed by atoms with Crippen LogP contribution in [0.2, 0.25) is 0 Å². The number of likely N-dealkylation sites (N-methyl/N-ethyl adjacent to an activating group) is 1. The van der Waals surface area contributed by atoms with E-state index in [4.69, 9.17) is 0 Å². The van der Waals surface area contributed by atoms with E-state index in [1.807, 2.05) is 32.1 Å². The average Bonchev–Trinajstić information content (AvgIpc) is 2.96.